The van der Waals surface area contributed by atoms with E-state index in [2.05, 4.69) is 41.5 Å². The summed E-state index contributed by atoms with van der Waals surface area (Å²) in [7, 11) is -2.01. The molecule has 0 aliphatic heterocycles. The number of benzene rings is 1. The molecule has 1 unspecified atom stereocenters. The van der Waals surface area contributed by atoms with Gasteiger partial charge in [-0.15, -0.1) is 0 Å². The van der Waals surface area contributed by atoms with E-state index < -0.39 is 20.3 Å². The number of aliphatic hydroxyl groups is 1. The molecule has 0 heterocycles. The van der Waals surface area contributed by atoms with Crippen LogP contribution in [-0.2, 0) is 9.22 Å². The first-order valence-electron chi connectivity index (χ1n) is 10.6. The highest BCUT2D eigenvalue weighted by Gasteiger charge is 2.46. The van der Waals surface area contributed by atoms with Crippen molar-refractivity contribution < 1.29 is 14.3 Å². The lowest BCUT2D eigenvalue weighted by Gasteiger charge is -2.44. The van der Waals surface area contributed by atoms with E-state index in [0.29, 0.717) is 23.0 Å². The Kier molecular flexibility index (Phi) is 9.82. The zero-order valence-electron chi connectivity index (χ0n) is 19.0. The molecule has 0 aliphatic carbocycles. The Balaban J connectivity index is 2.75. The molecule has 3 nitrogen and oxygen atoms in total. The molecule has 0 saturated carbocycles. The van der Waals surface area contributed by atoms with Crippen molar-refractivity contribution in [3.8, 4) is 0 Å². The van der Waals surface area contributed by atoms with Crippen LogP contribution in [0.2, 0.25) is 16.6 Å². The molecule has 1 rings (SSSR count). The van der Waals surface area contributed by atoms with Crippen LogP contribution in [-0.4, -0.2) is 31.4 Å². The van der Waals surface area contributed by atoms with Gasteiger partial charge in [-0.1, -0.05) is 91.0 Å². The van der Waals surface area contributed by atoms with Gasteiger partial charge in [0, 0.05) is 18.4 Å². The summed E-state index contributed by atoms with van der Waals surface area (Å²) in [6, 6.07) is 9.80. The zero-order valence-corrected chi connectivity index (χ0v) is 20.0. The van der Waals surface area contributed by atoms with E-state index in [-0.39, 0.29) is 11.9 Å². The molecular weight excluding hydrogens is 364 g/mol. The molecule has 0 aromatic heterocycles. The van der Waals surface area contributed by atoms with Gasteiger partial charge in [0.25, 0.3) is 0 Å². The molecule has 0 saturated heterocycles. The fraction of sp³-hybridized carbons (Fsp3) is 0.625. The molecule has 1 N–H and O–H groups in total. The molecule has 0 bridgehead atoms. The summed E-state index contributed by atoms with van der Waals surface area (Å²) < 4.78 is 6.67. The lowest BCUT2D eigenvalue weighted by Crippen LogP contribution is -2.50. The van der Waals surface area contributed by atoms with Crippen LogP contribution in [0.1, 0.15) is 67.4 Å². The van der Waals surface area contributed by atoms with E-state index in [0.717, 1.165) is 5.56 Å². The average molecular weight is 405 g/mol. The Bertz CT molecular complexity index is 600. The predicted molar refractivity (Wildman–Crippen MR) is 122 cm³/mol. The summed E-state index contributed by atoms with van der Waals surface area (Å²) in [5.74, 6) is -0.392. The van der Waals surface area contributed by atoms with Crippen molar-refractivity contribution in [2.24, 2.45) is 5.92 Å². The van der Waals surface area contributed by atoms with E-state index in [9.17, 15) is 9.90 Å². The Hall–Kier alpha value is -1.23. The SMILES string of the molecule is CC(C)[Si](O[C@@H](C)CC(=O)[C@@H](C)C(O)/C=C/c1ccccc1)(C(C)C)C(C)C. The number of carbonyl (C=O) groups is 1. The molecule has 28 heavy (non-hydrogen) atoms. The standard InChI is InChI=1S/C24H40O3Si/c1-17(2)28(18(3)4,19(5)6)27-20(7)16-24(26)21(8)23(25)15-14-22-12-10-9-11-13-22/h9-15,17-21,23,25H,16H2,1-8H3/b15-14+/t20-,21-,23?/m0/s1. The Morgan fingerprint density at radius 2 is 1.46 bits per heavy atom. The second kappa shape index (κ2) is 11.1. The van der Waals surface area contributed by atoms with E-state index in [1.807, 2.05) is 43.3 Å². The number of carbonyl (C=O) groups excluding carboxylic acids is 1. The molecule has 0 aliphatic rings. The second-order valence-electron chi connectivity index (χ2n) is 8.97. The van der Waals surface area contributed by atoms with Crippen LogP contribution in [0.15, 0.2) is 36.4 Å². The first kappa shape index (κ1) is 24.8. The summed E-state index contributed by atoms with van der Waals surface area (Å²) in [5.41, 5.74) is 2.48. The van der Waals surface area contributed by atoms with Gasteiger partial charge in [0.2, 0.25) is 8.32 Å². The third kappa shape index (κ3) is 6.40. The van der Waals surface area contributed by atoms with Crippen LogP contribution in [0.5, 0.6) is 0 Å². The molecule has 4 heteroatoms. The van der Waals surface area contributed by atoms with Crippen molar-refractivity contribution in [3.63, 3.8) is 0 Å². The highest BCUT2D eigenvalue weighted by atomic mass is 28.4. The van der Waals surface area contributed by atoms with Crippen molar-refractivity contribution in [3.05, 3.63) is 42.0 Å². The minimum Gasteiger partial charge on any atom is -0.413 e. The first-order chi connectivity index (χ1) is 13.0. The Morgan fingerprint density at radius 1 is 0.964 bits per heavy atom. The van der Waals surface area contributed by atoms with E-state index in [1.165, 1.54) is 0 Å². The fourth-order valence-corrected chi connectivity index (χ4v) is 10.00. The topological polar surface area (TPSA) is 46.5 Å². The third-order valence-electron chi connectivity index (χ3n) is 5.91. The van der Waals surface area contributed by atoms with Gasteiger partial charge in [-0.25, -0.2) is 0 Å². The average Bonchev–Trinajstić information content (AvgIpc) is 2.63. The smallest absolute Gasteiger partial charge is 0.200 e. The highest BCUT2D eigenvalue weighted by molar-refractivity contribution is 6.77. The molecule has 158 valence electrons. The monoisotopic (exact) mass is 404 g/mol. The van der Waals surface area contributed by atoms with Gasteiger partial charge >= 0.3 is 0 Å². The van der Waals surface area contributed by atoms with Crippen LogP contribution in [0, 0.1) is 5.92 Å². The Morgan fingerprint density at radius 3 is 1.93 bits per heavy atom. The van der Waals surface area contributed by atoms with Crippen LogP contribution < -0.4 is 0 Å². The van der Waals surface area contributed by atoms with Crippen LogP contribution in [0.4, 0.5) is 0 Å². The molecule has 0 radical (unpaired) electrons. The van der Waals surface area contributed by atoms with Gasteiger partial charge in [0.1, 0.15) is 5.78 Å². The van der Waals surface area contributed by atoms with Gasteiger partial charge < -0.3 is 9.53 Å². The maximum atomic E-state index is 12.7. The summed E-state index contributed by atoms with van der Waals surface area (Å²) in [6.07, 6.45) is 3.00. The van der Waals surface area contributed by atoms with Gasteiger partial charge in [0.15, 0.2) is 0 Å². The highest BCUT2D eigenvalue weighted by Crippen LogP contribution is 2.43. The fourth-order valence-electron chi connectivity index (χ4n) is 4.40. The van der Waals surface area contributed by atoms with Gasteiger partial charge in [-0.3, -0.25) is 4.79 Å². The molecule has 1 aromatic rings. The third-order valence-corrected chi connectivity index (χ3v) is 12.1. The molecule has 3 atom stereocenters. The maximum Gasteiger partial charge on any atom is 0.200 e. The Labute approximate surface area is 173 Å². The second-order valence-corrected chi connectivity index (χ2v) is 14.4. The number of hydrogen-bond donors (Lipinski definition) is 1. The lowest BCUT2D eigenvalue weighted by molar-refractivity contribution is -0.126. The van der Waals surface area contributed by atoms with Crippen molar-refractivity contribution in [2.75, 3.05) is 0 Å². The molecule has 0 amide bonds. The number of aliphatic hydroxyl groups excluding tert-OH is 1. The first-order valence-corrected chi connectivity index (χ1v) is 12.8. The number of Topliss-reactive ketones (excluding diaryl/α,β-unsaturated/α-hetero) is 1. The molecular formula is C24H40O3Si. The molecule has 0 spiro atoms. The van der Waals surface area contributed by atoms with E-state index in [4.69, 9.17) is 4.43 Å². The minimum absolute atomic E-state index is 0.0527. The summed E-state index contributed by atoms with van der Waals surface area (Å²) in [5, 5.41) is 10.4. The lowest BCUT2D eigenvalue weighted by atomic mass is 9.95. The largest absolute Gasteiger partial charge is 0.413 e. The summed E-state index contributed by atoms with van der Waals surface area (Å²) in [4.78, 5) is 12.7. The molecule has 1 aromatic carbocycles. The zero-order chi connectivity index (χ0) is 21.5. The van der Waals surface area contributed by atoms with E-state index >= 15 is 0 Å². The number of hydrogen-bond acceptors (Lipinski definition) is 3. The van der Waals surface area contributed by atoms with E-state index in [1.54, 1.807) is 13.0 Å². The van der Waals surface area contributed by atoms with Crippen molar-refractivity contribution in [1.29, 1.82) is 0 Å². The van der Waals surface area contributed by atoms with Crippen LogP contribution in [0.25, 0.3) is 6.08 Å². The molecule has 0 fully saturated rings. The van der Waals surface area contributed by atoms with Crippen molar-refractivity contribution >= 4 is 20.2 Å². The van der Waals surface area contributed by atoms with Crippen molar-refractivity contribution in [1.82, 2.24) is 0 Å². The minimum atomic E-state index is -2.01. The van der Waals surface area contributed by atoms with Crippen LogP contribution >= 0.6 is 0 Å². The number of rotatable bonds is 11. The summed E-state index contributed by atoms with van der Waals surface area (Å²) >= 11 is 0. The maximum absolute atomic E-state index is 12.7. The van der Waals surface area contributed by atoms with Crippen molar-refractivity contribution in [2.45, 2.75) is 90.6 Å². The van der Waals surface area contributed by atoms with Gasteiger partial charge in [-0.05, 0) is 29.1 Å². The van der Waals surface area contributed by atoms with Gasteiger partial charge in [0.05, 0.1) is 6.10 Å². The van der Waals surface area contributed by atoms with Gasteiger partial charge in [-0.2, -0.15) is 0 Å². The summed E-state index contributed by atoms with van der Waals surface area (Å²) in [6.45, 7) is 17.3. The normalized spacial score (nSPS) is 16.1. The quantitative estimate of drug-likeness (QED) is 0.444. The number of ketones is 1. The predicted octanol–water partition coefficient (Wildman–Crippen LogP) is 6.24. The van der Waals surface area contributed by atoms with Crippen LogP contribution in [0.3, 0.4) is 0 Å².